The summed E-state index contributed by atoms with van der Waals surface area (Å²) >= 11 is 0. The van der Waals surface area contributed by atoms with Crippen molar-refractivity contribution in [2.75, 3.05) is 39.3 Å². The molecule has 0 aliphatic carbocycles. The molecule has 0 radical (unpaired) electrons. The lowest BCUT2D eigenvalue weighted by atomic mass is 10.3. The van der Waals surface area contributed by atoms with E-state index in [4.69, 9.17) is 4.74 Å². The highest BCUT2D eigenvalue weighted by atomic mass is 32.2. The number of carbonyl (C=O) groups excluding carboxylic acids is 1. The predicted octanol–water partition coefficient (Wildman–Crippen LogP) is 1.10. The van der Waals surface area contributed by atoms with Crippen molar-refractivity contribution in [3.63, 3.8) is 0 Å². The maximum atomic E-state index is 13.1. The van der Waals surface area contributed by atoms with Crippen LogP contribution in [0.5, 0.6) is 0 Å². The highest BCUT2D eigenvalue weighted by Crippen LogP contribution is 2.19. The number of carbonyl (C=O) groups is 1. The van der Waals surface area contributed by atoms with Crippen LogP contribution in [-0.2, 0) is 32.8 Å². The van der Waals surface area contributed by atoms with Gasteiger partial charge in [-0.15, -0.1) is 0 Å². The summed E-state index contributed by atoms with van der Waals surface area (Å²) < 4.78 is 38.2. The van der Waals surface area contributed by atoms with Crippen LogP contribution in [-0.4, -0.2) is 88.4 Å². The largest absolute Gasteiger partial charge is 0.373 e. The van der Waals surface area contributed by atoms with E-state index in [-0.39, 0.29) is 43.3 Å². The molecule has 34 heavy (non-hydrogen) atoms. The zero-order valence-electron chi connectivity index (χ0n) is 20.2. The Morgan fingerprint density at radius 2 is 1.50 bits per heavy atom. The number of aromatic nitrogens is 2. The summed E-state index contributed by atoms with van der Waals surface area (Å²) in [6.07, 6.45) is 0.759. The number of imidazole rings is 1. The smallest absolute Gasteiger partial charge is 0.329 e. The van der Waals surface area contributed by atoms with Crippen molar-refractivity contribution in [1.82, 2.24) is 22.6 Å². The minimum atomic E-state index is -3.59. The first kappa shape index (κ1) is 24.9. The quantitative estimate of drug-likeness (QED) is 0.576. The second-order valence-electron chi connectivity index (χ2n) is 9.19. The van der Waals surface area contributed by atoms with Crippen LogP contribution in [0.1, 0.15) is 33.6 Å². The SMILES string of the molecule is CCCn1c(=O)n(CCC(=O)N2CCN(S(=O)(=O)N3C[C@H](C)O[C@@H](C)C3)CC2)c2ccccc21. The van der Waals surface area contributed by atoms with Crippen LogP contribution >= 0.6 is 0 Å². The third-order valence-corrected chi connectivity index (χ3v) is 8.52. The topological polar surface area (TPSA) is 97.1 Å². The molecule has 2 aliphatic rings. The van der Waals surface area contributed by atoms with Gasteiger partial charge < -0.3 is 9.64 Å². The van der Waals surface area contributed by atoms with Crippen LogP contribution in [0.4, 0.5) is 0 Å². The molecular formula is C23H35N5O5S. The third kappa shape index (κ3) is 4.93. The van der Waals surface area contributed by atoms with Gasteiger partial charge in [0.25, 0.3) is 10.2 Å². The number of benzene rings is 1. The van der Waals surface area contributed by atoms with Crippen LogP contribution in [0.15, 0.2) is 29.1 Å². The van der Waals surface area contributed by atoms with Crippen molar-refractivity contribution >= 4 is 27.1 Å². The third-order valence-electron chi connectivity index (χ3n) is 6.55. The average molecular weight is 494 g/mol. The number of ether oxygens (including phenoxy) is 1. The van der Waals surface area contributed by atoms with Crippen molar-refractivity contribution in [1.29, 1.82) is 0 Å². The van der Waals surface area contributed by atoms with Gasteiger partial charge in [0.1, 0.15) is 0 Å². The van der Waals surface area contributed by atoms with E-state index in [0.29, 0.717) is 39.3 Å². The lowest BCUT2D eigenvalue weighted by Gasteiger charge is -2.40. The van der Waals surface area contributed by atoms with Gasteiger partial charge in [-0.1, -0.05) is 19.1 Å². The lowest BCUT2D eigenvalue weighted by molar-refractivity contribution is -0.132. The molecule has 4 rings (SSSR count). The maximum absolute atomic E-state index is 13.1. The average Bonchev–Trinajstić information content (AvgIpc) is 3.08. The van der Waals surface area contributed by atoms with E-state index in [1.807, 2.05) is 45.0 Å². The van der Waals surface area contributed by atoms with Crippen LogP contribution in [0, 0.1) is 0 Å². The number of fused-ring (bicyclic) bond motifs is 1. The number of hydrogen-bond donors (Lipinski definition) is 0. The number of nitrogens with zero attached hydrogens (tertiary/aromatic N) is 5. The zero-order valence-corrected chi connectivity index (χ0v) is 21.0. The van der Waals surface area contributed by atoms with Gasteiger partial charge in [0.2, 0.25) is 5.91 Å². The van der Waals surface area contributed by atoms with Crippen LogP contribution < -0.4 is 5.69 Å². The fraction of sp³-hybridized carbons (Fsp3) is 0.652. The highest BCUT2D eigenvalue weighted by molar-refractivity contribution is 7.86. The van der Waals surface area contributed by atoms with E-state index in [0.717, 1.165) is 17.5 Å². The van der Waals surface area contributed by atoms with Crippen LogP contribution in [0.2, 0.25) is 0 Å². The molecule has 188 valence electrons. The van der Waals surface area contributed by atoms with Gasteiger partial charge in [-0.3, -0.25) is 13.9 Å². The number of aryl methyl sites for hydroxylation is 2. The van der Waals surface area contributed by atoms with E-state index < -0.39 is 10.2 Å². The number of rotatable bonds is 7. The Balaban J connectivity index is 1.37. The minimum absolute atomic E-state index is 0.0649. The molecule has 1 amide bonds. The van der Waals surface area contributed by atoms with Crippen molar-refractivity contribution in [3.8, 4) is 0 Å². The Morgan fingerprint density at radius 1 is 0.941 bits per heavy atom. The van der Waals surface area contributed by atoms with E-state index >= 15 is 0 Å². The summed E-state index contributed by atoms with van der Waals surface area (Å²) in [5.74, 6) is -0.0649. The van der Waals surface area contributed by atoms with E-state index in [1.54, 1.807) is 14.0 Å². The molecule has 2 atom stereocenters. The first-order chi connectivity index (χ1) is 16.2. The number of para-hydroxylation sites is 2. The Morgan fingerprint density at radius 3 is 2.06 bits per heavy atom. The monoisotopic (exact) mass is 493 g/mol. The molecule has 0 unspecified atom stereocenters. The molecule has 10 nitrogen and oxygen atoms in total. The predicted molar refractivity (Wildman–Crippen MR) is 130 cm³/mol. The second-order valence-corrected chi connectivity index (χ2v) is 11.1. The second kappa shape index (κ2) is 10.2. The molecule has 0 N–H and O–H groups in total. The standard InChI is InChI=1S/C23H35N5O5S/c1-4-10-27-20-7-5-6-8-21(20)28(23(27)30)11-9-22(29)24-12-14-25(15-13-24)34(31,32)26-16-18(2)33-19(3)17-26/h5-8,18-19H,4,9-17H2,1-3H3/t18-,19-/m0/s1. The van der Waals surface area contributed by atoms with Crippen molar-refractivity contribution in [2.24, 2.45) is 0 Å². The Kier molecular flexibility index (Phi) is 7.46. The molecule has 0 bridgehead atoms. The van der Waals surface area contributed by atoms with Gasteiger partial charge in [-0.2, -0.15) is 17.0 Å². The van der Waals surface area contributed by atoms with Crippen LogP contribution in [0.25, 0.3) is 11.0 Å². The first-order valence-corrected chi connectivity index (χ1v) is 13.5. The molecule has 11 heteroatoms. The highest BCUT2D eigenvalue weighted by Gasteiger charge is 2.37. The summed E-state index contributed by atoms with van der Waals surface area (Å²) in [6, 6.07) is 7.64. The maximum Gasteiger partial charge on any atom is 0.329 e. The Hall–Kier alpha value is -2.21. The summed E-state index contributed by atoms with van der Waals surface area (Å²) in [5.41, 5.74) is 1.62. The number of morpholine rings is 1. The molecule has 0 saturated carbocycles. The molecule has 1 aromatic carbocycles. The summed E-state index contributed by atoms with van der Waals surface area (Å²) in [4.78, 5) is 27.5. The van der Waals surface area contributed by atoms with Gasteiger partial charge in [-0.25, -0.2) is 4.79 Å². The normalized spacial score (nSPS) is 23.0. The van der Waals surface area contributed by atoms with Crippen LogP contribution in [0.3, 0.4) is 0 Å². The fourth-order valence-electron chi connectivity index (χ4n) is 4.94. The summed E-state index contributed by atoms with van der Waals surface area (Å²) in [7, 11) is -3.59. The van der Waals surface area contributed by atoms with Gasteiger partial charge >= 0.3 is 5.69 Å². The zero-order chi connectivity index (χ0) is 24.5. The molecule has 1 aromatic heterocycles. The van der Waals surface area contributed by atoms with E-state index in [2.05, 4.69) is 0 Å². The fourth-order valence-corrected chi connectivity index (χ4v) is 6.69. The molecule has 2 aromatic rings. The van der Waals surface area contributed by atoms with Gasteiger partial charge in [0.15, 0.2) is 0 Å². The summed E-state index contributed by atoms with van der Waals surface area (Å²) in [6.45, 7) is 8.63. The molecule has 0 spiro atoms. The first-order valence-electron chi connectivity index (χ1n) is 12.1. The van der Waals surface area contributed by atoms with E-state index in [1.165, 1.54) is 8.61 Å². The molecule has 3 heterocycles. The summed E-state index contributed by atoms with van der Waals surface area (Å²) in [5, 5.41) is 0. The lowest BCUT2D eigenvalue weighted by Crippen LogP contribution is -2.57. The van der Waals surface area contributed by atoms with Crippen molar-refractivity contribution in [3.05, 3.63) is 34.7 Å². The number of amides is 1. The number of piperazine rings is 1. The Bertz CT molecular complexity index is 1170. The van der Waals surface area contributed by atoms with Gasteiger partial charge in [-0.05, 0) is 32.4 Å². The number of hydrogen-bond acceptors (Lipinski definition) is 5. The van der Waals surface area contributed by atoms with Crippen molar-refractivity contribution < 1.29 is 17.9 Å². The van der Waals surface area contributed by atoms with Gasteiger partial charge in [0.05, 0.1) is 23.2 Å². The molecule has 2 fully saturated rings. The van der Waals surface area contributed by atoms with Gasteiger partial charge in [0, 0.05) is 58.8 Å². The minimum Gasteiger partial charge on any atom is -0.373 e. The molecular weight excluding hydrogens is 458 g/mol. The van der Waals surface area contributed by atoms with E-state index in [9.17, 15) is 18.0 Å². The molecule has 2 aliphatic heterocycles. The molecule has 2 saturated heterocycles. The Labute approximate surface area is 200 Å². The van der Waals surface area contributed by atoms with Crippen molar-refractivity contribution in [2.45, 2.75) is 58.9 Å².